The van der Waals surface area contributed by atoms with Crippen LogP contribution in [0.1, 0.15) is 41.5 Å². The molecule has 0 saturated heterocycles. The van der Waals surface area contributed by atoms with Crippen molar-refractivity contribution in [1.29, 1.82) is 0 Å². The van der Waals surface area contributed by atoms with Crippen LogP contribution in [0, 0.1) is 0 Å². The highest BCUT2D eigenvalue weighted by Crippen LogP contribution is 2.10. The van der Waals surface area contributed by atoms with Crippen molar-refractivity contribution >= 4 is 24.7 Å². The first-order valence-electron chi connectivity index (χ1n) is 5.78. The van der Waals surface area contributed by atoms with E-state index in [0.717, 1.165) is 0 Å². The molecule has 0 spiro atoms. The lowest BCUT2D eigenvalue weighted by Gasteiger charge is -2.25. The van der Waals surface area contributed by atoms with E-state index in [1.807, 2.05) is 0 Å². The molecule has 0 heterocycles. The topological polar surface area (TPSA) is 64.6 Å². The summed E-state index contributed by atoms with van der Waals surface area (Å²) in [5.41, 5.74) is -1.22. The Kier molecular flexibility index (Phi) is 5.99. The molecule has 0 radical (unpaired) electrons. The number of nitrogens with one attached hydrogen (secondary N) is 1. The lowest BCUT2D eigenvalue weighted by Crippen LogP contribution is -2.47. The Bertz CT molecular complexity index is 304. The molecule has 0 aromatic rings. The summed E-state index contributed by atoms with van der Waals surface area (Å²) in [6.45, 7) is 10.5. The van der Waals surface area contributed by atoms with Gasteiger partial charge >= 0.3 is 12.1 Å². The Morgan fingerprint density at radius 3 is 1.83 bits per heavy atom. The summed E-state index contributed by atoms with van der Waals surface area (Å²) in [5.74, 6) is -0.378. The summed E-state index contributed by atoms with van der Waals surface area (Å²) in [6, 6.07) is -0.817. The van der Waals surface area contributed by atoms with E-state index in [2.05, 4.69) is 17.9 Å². The van der Waals surface area contributed by atoms with Gasteiger partial charge in [-0.15, -0.1) is 0 Å². The summed E-state index contributed by atoms with van der Waals surface area (Å²) in [5, 5.41) is 2.43. The lowest BCUT2D eigenvalue weighted by atomic mass is 10.2. The minimum atomic E-state index is -0.817. The first kappa shape index (κ1) is 17.1. The monoisotopic (exact) mass is 277 g/mol. The second-order valence-electron chi connectivity index (χ2n) is 5.91. The molecule has 106 valence electrons. The molecule has 5 nitrogen and oxygen atoms in total. The zero-order valence-corrected chi connectivity index (χ0v) is 12.8. The van der Waals surface area contributed by atoms with Crippen LogP contribution in [0.4, 0.5) is 4.79 Å². The van der Waals surface area contributed by atoms with E-state index in [9.17, 15) is 9.59 Å². The molecule has 6 heteroatoms. The molecular weight excluding hydrogens is 254 g/mol. The van der Waals surface area contributed by atoms with Gasteiger partial charge in [0, 0.05) is 5.75 Å². The van der Waals surface area contributed by atoms with Crippen LogP contribution in [-0.4, -0.2) is 35.1 Å². The summed E-state index contributed by atoms with van der Waals surface area (Å²) >= 11 is 4.02. The number of amides is 1. The molecule has 1 amide bonds. The minimum absolute atomic E-state index is 0.147. The Morgan fingerprint density at radius 2 is 1.50 bits per heavy atom. The van der Waals surface area contributed by atoms with Gasteiger partial charge in [-0.05, 0) is 41.5 Å². The van der Waals surface area contributed by atoms with Crippen molar-refractivity contribution in [3.8, 4) is 0 Å². The third-order valence-electron chi connectivity index (χ3n) is 1.56. The molecule has 0 aromatic heterocycles. The van der Waals surface area contributed by atoms with Gasteiger partial charge in [0.1, 0.15) is 17.2 Å². The standard InChI is InChI=1S/C12H23NO4S/c1-11(2,3)16-9(14)8(7-18)13-10(15)17-12(4,5)6/h8,18H,7H2,1-6H3,(H,13,15). The van der Waals surface area contributed by atoms with Crippen LogP contribution in [0.3, 0.4) is 0 Å². The largest absolute Gasteiger partial charge is 0.458 e. The highest BCUT2D eigenvalue weighted by Gasteiger charge is 2.27. The van der Waals surface area contributed by atoms with Gasteiger partial charge in [-0.2, -0.15) is 12.6 Å². The molecule has 0 aromatic carbocycles. The van der Waals surface area contributed by atoms with Crippen LogP contribution in [0.5, 0.6) is 0 Å². The normalized spacial score (nSPS) is 13.7. The maximum absolute atomic E-state index is 11.7. The van der Waals surface area contributed by atoms with E-state index in [1.165, 1.54) is 0 Å². The Balaban J connectivity index is 4.44. The fourth-order valence-electron chi connectivity index (χ4n) is 1.00. The van der Waals surface area contributed by atoms with Crippen molar-refractivity contribution in [2.24, 2.45) is 0 Å². The van der Waals surface area contributed by atoms with Crippen LogP contribution in [0.15, 0.2) is 0 Å². The zero-order chi connectivity index (χ0) is 14.6. The van der Waals surface area contributed by atoms with E-state index in [4.69, 9.17) is 9.47 Å². The van der Waals surface area contributed by atoms with Crippen molar-refractivity contribution in [1.82, 2.24) is 5.32 Å². The minimum Gasteiger partial charge on any atom is -0.458 e. The average molecular weight is 277 g/mol. The second-order valence-corrected chi connectivity index (χ2v) is 6.28. The number of rotatable bonds is 3. The molecular formula is C12H23NO4S. The number of alkyl carbamates (subject to hydrolysis) is 1. The van der Waals surface area contributed by atoms with Gasteiger partial charge in [-0.25, -0.2) is 9.59 Å². The SMILES string of the molecule is CC(C)(C)OC(=O)NC(CS)C(=O)OC(C)(C)C. The third kappa shape index (κ3) is 8.22. The van der Waals surface area contributed by atoms with E-state index < -0.39 is 29.3 Å². The van der Waals surface area contributed by atoms with Gasteiger partial charge in [-0.3, -0.25) is 0 Å². The fraction of sp³-hybridized carbons (Fsp3) is 0.833. The first-order chi connectivity index (χ1) is 7.94. The maximum atomic E-state index is 11.7. The molecule has 1 N–H and O–H groups in total. The predicted molar refractivity (Wildman–Crippen MR) is 72.9 cm³/mol. The molecule has 1 atom stereocenters. The quantitative estimate of drug-likeness (QED) is 0.613. The van der Waals surface area contributed by atoms with Gasteiger partial charge in [0.05, 0.1) is 0 Å². The van der Waals surface area contributed by atoms with Crippen LogP contribution >= 0.6 is 12.6 Å². The summed E-state index contributed by atoms with van der Waals surface area (Å²) < 4.78 is 10.2. The number of hydrogen-bond donors (Lipinski definition) is 2. The summed E-state index contributed by atoms with van der Waals surface area (Å²) in [4.78, 5) is 23.3. The number of carbonyl (C=O) groups is 2. The molecule has 0 fully saturated rings. The number of thiol groups is 1. The lowest BCUT2D eigenvalue weighted by molar-refractivity contribution is -0.156. The maximum Gasteiger partial charge on any atom is 0.408 e. The number of esters is 1. The second kappa shape index (κ2) is 6.31. The van der Waals surface area contributed by atoms with Crippen molar-refractivity contribution < 1.29 is 19.1 Å². The van der Waals surface area contributed by atoms with Crippen LogP contribution < -0.4 is 5.32 Å². The van der Waals surface area contributed by atoms with Crippen molar-refractivity contribution in [2.45, 2.75) is 58.8 Å². The van der Waals surface area contributed by atoms with Crippen LogP contribution in [0.25, 0.3) is 0 Å². The Morgan fingerprint density at radius 1 is 1.06 bits per heavy atom. The van der Waals surface area contributed by atoms with Crippen molar-refractivity contribution in [3.05, 3.63) is 0 Å². The van der Waals surface area contributed by atoms with Gasteiger partial charge < -0.3 is 14.8 Å². The van der Waals surface area contributed by atoms with Crippen LogP contribution in [-0.2, 0) is 14.3 Å². The first-order valence-corrected chi connectivity index (χ1v) is 6.41. The van der Waals surface area contributed by atoms with E-state index in [1.54, 1.807) is 41.5 Å². The van der Waals surface area contributed by atoms with Crippen molar-refractivity contribution in [3.63, 3.8) is 0 Å². The molecule has 0 aliphatic heterocycles. The average Bonchev–Trinajstić information content (AvgIpc) is 2.07. The molecule has 0 saturated carbocycles. The molecule has 1 unspecified atom stereocenters. The fourth-order valence-corrected chi connectivity index (χ4v) is 1.24. The number of carbonyl (C=O) groups excluding carboxylic acids is 2. The molecule has 0 bridgehead atoms. The van der Waals surface area contributed by atoms with Gasteiger partial charge in [0.25, 0.3) is 0 Å². The van der Waals surface area contributed by atoms with Crippen molar-refractivity contribution in [2.75, 3.05) is 5.75 Å². The summed E-state index contributed by atoms with van der Waals surface area (Å²) in [6.07, 6.45) is -0.660. The Hall–Kier alpha value is -0.910. The Labute approximate surface area is 114 Å². The highest BCUT2D eigenvalue weighted by molar-refractivity contribution is 7.80. The molecule has 0 aliphatic rings. The number of hydrogen-bond acceptors (Lipinski definition) is 5. The van der Waals surface area contributed by atoms with Gasteiger partial charge in [-0.1, -0.05) is 0 Å². The molecule has 0 rings (SSSR count). The molecule has 0 aliphatic carbocycles. The zero-order valence-electron chi connectivity index (χ0n) is 11.9. The van der Waals surface area contributed by atoms with Crippen LogP contribution in [0.2, 0.25) is 0 Å². The number of ether oxygens (including phenoxy) is 2. The predicted octanol–water partition coefficient (Wildman–Crippen LogP) is 2.15. The molecule has 18 heavy (non-hydrogen) atoms. The van der Waals surface area contributed by atoms with E-state index >= 15 is 0 Å². The highest BCUT2D eigenvalue weighted by atomic mass is 32.1. The smallest absolute Gasteiger partial charge is 0.408 e. The summed E-state index contributed by atoms with van der Waals surface area (Å²) in [7, 11) is 0. The van der Waals surface area contributed by atoms with E-state index in [0.29, 0.717) is 0 Å². The van der Waals surface area contributed by atoms with Gasteiger partial charge in [0.15, 0.2) is 0 Å². The van der Waals surface area contributed by atoms with E-state index in [-0.39, 0.29) is 5.75 Å². The third-order valence-corrected chi connectivity index (χ3v) is 1.93. The van der Waals surface area contributed by atoms with Gasteiger partial charge in [0.2, 0.25) is 0 Å².